The van der Waals surface area contributed by atoms with E-state index in [0.717, 1.165) is 0 Å². The molecule has 0 amide bonds. The number of nitrogens with zero attached hydrogens (tertiary/aromatic N) is 1. The predicted molar refractivity (Wildman–Crippen MR) is 53.2 cm³/mol. The van der Waals surface area contributed by atoms with E-state index in [4.69, 9.17) is 4.74 Å². The first kappa shape index (κ1) is 10.6. The molecule has 5 heteroatoms. The van der Waals surface area contributed by atoms with Crippen LogP contribution < -0.4 is 4.74 Å². The van der Waals surface area contributed by atoms with Crippen LogP contribution in [0.1, 0.15) is 17.7 Å². The fourth-order valence-electron chi connectivity index (χ4n) is 1.04. The zero-order valence-electron chi connectivity index (χ0n) is 7.14. The molecule has 0 aliphatic carbocycles. The Bertz CT molecular complexity index is 317. The first-order valence-electron chi connectivity index (χ1n) is 3.55. The molecule has 0 saturated carbocycles. The molecule has 0 aromatic carbocycles. The summed E-state index contributed by atoms with van der Waals surface area (Å²) in [6.45, 7) is 1.54. The summed E-state index contributed by atoms with van der Waals surface area (Å²) in [5.41, 5.74) is 0.196. The Kier molecular flexibility index (Phi) is 3.40. The number of pyridine rings is 1. The third kappa shape index (κ3) is 2.07. The Hall–Kier alpha value is -0.460. The fourth-order valence-corrected chi connectivity index (χ4v) is 1.69. The predicted octanol–water partition coefficient (Wildman–Crippen LogP) is 2.94. The monoisotopic (exact) mass is 299 g/mol. The summed E-state index contributed by atoms with van der Waals surface area (Å²) >= 11 is 1.92. The molecule has 1 aromatic heterocycles. The van der Waals surface area contributed by atoms with Crippen molar-refractivity contribution < 1.29 is 13.5 Å². The Labute approximate surface area is 88.5 Å². The van der Waals surface area contributed by atoms with Crippen molar-refractivity contribution in [3.63, 3.8) is 0 Å². The molecular formula is C8H8F2INO. The molecule has 0 aliphatic heterocycles. The average molecular weight is 299 g/mol. The van der Waals surface area contributed by atoms with Gasteiger partial charge in [-0.2, -0.15) is 0 Å². The standard InChI is InChI=1S/C8H8F2INO/c1-4-6(8(9)10)7(13-2)5(11)3-12-4/h3,8H,1-2H3. The highest BCUT2D eigenvalue weighted by atomic mass is 127. The molecule has 1 aromatic rings. The van der Waals surface area contributed by atoms with Gasteiger partial charge in [0.1, 0.15) is 5.75 Å². The van der Waals surface area contributed by atoms with Gasteiger partial charge in [0.15, 0.2) is 0 Å². The largest absolute Gasteiger partial charge is 0.495 e. The van der Waals surface area contributed by atoms with E-state index >= 15 is 0 Å². The zero-order valence-corrected chi connectivity index (χ0v) is 9.30. The lowest BCUT2D eigenvalue weighted by Crippen LogP contribution is -2.00. The summed E-state index contributed by atoms with van der Waals surface area (Å²) < 4.78 is 30.6. The molecule has 2 nitrogen and oxygen atoms in total. The van der Waals surface area contributed by atoms with Gasteiger partial charge in [0.25, 0.3) is 6.43 Å². The van der Waals surface area contributed by atoms with Crippen LogP contribution in [0, 0.1) is 10.5 Å². The summed E-state index contributed by atoms with van der Waals surface area (Å²) in [5, 5.41) is 0. The van der Waals surface area contributed by atoms with Crippen LogP contribution in [0.15, 0.2) is 6.20 Å². The van der Waals surface area contributed by atoms with Gasteiger partial charge < -0.3 is 4.74 Å². The summed E-state index contributed by atoms with van der Waals surface area (Å²) in [6.07, 6.45) is -1.03. The number of halogens is 3. The number of ether oxygens (including phenoxy) is 1. The quantitative estimate of drug-likeness (QED) is 0.783. The van der Waals surface area contributed by atoms with E-state index in [9.17, 15) is 8.78 Å². The fraction of sp³-hybridized carbons (Fsp3) is 0.375. The van der Waals surface area contributed by atoms with Crippen molar-refractivity contribution in [1.82, 2.24) is 4.98 Å². The highest BCUT2D eigenvalue weighted by molar-refractivity contribution is 14.1. The molecule has 1 heterocycles. The van der Waals surface area contributed by atoms with Crippen molar-refractivity contribution in [3.05, 3.63) is 21.0 Å². The van der Waals surface area contributed by atoms with E-state index in [0.29, 0.717) is 9.26 Å². The molecule has 0 N–H and O–H groups in total. The average Bonchev–Trinajstić information content (AvgIpc) is 2.07. The van der Waals surface area contributed by atoms with Crippen molar-refractivity contribution in [2.24, 2.45) is 0 Å². The van der Waals surface area contributed by atoms with Crippen LogP contribution in [0.25, 0.3) is 0 Å². The minimum absolute atomic E-state index is 0.116. The van der Waals surface area contributed by atoms with Gasteiger partial charge in [-0.15, -0.1) is 0 Å². The van der Waals surface area contributed by atoms with Crippen LogP contribution >= 0.6 is 22.6 Å². The van der Waals surface area contributed by atoms with Crippen molar-refractivity contribution >= 4 is 22.6 Å². The number of methoxy groups -OCH3 is 1. The molecule has 1 rings (SSSR count). The number of aromatic nitrogens is 1. The first-order valence-corrected chi connectivity index (χ1v) is 4.63. The lowest BCUT2D eigenvalue weighted by atomic mass is 10.2. The smallest absolute Gasteiger partial charge is 0.269 e. The SMILES string of the molecule is COc1c(I)cnc(C)c1C(F)F. The van der Waals surface area contributed by atoms with Gasteiger partial charge in [-0.25, -0.2) is 8.78 Å². The first-order chi connectivity index (χ1) is 6.07. The maximum absolute atomic E-state index is 12.5. The van der Waals surface area contributed by atoms with Crippen molar-refractivity contribution in [2.45, 2.75) is 13.3 Å². The number of rotatable bonds is 2. The molecule has 0 saturated heterocycles. The lowest BCUT2D eigenvalue weighted by Gasteiger charge is -2.11. The second kappa shape index (κ2) is 4.17. The molecule has 0 bridgehead atoms. The normalized spacial score (nSPS) is 10.6. The van der Waals surface area contributed by atoms with Crippen molar-refractivity contribution in [3.8, 4) is 5.75 Å². The Morgan fingerprint density at radius 1 is 1.54 bits per heavy atom. The summed E-state index contributed by atoms with van der Waals surface area (Å²) in [4.78, 5) is 3.84. The maximum Gasteiger partial charge on any atom is 0.269 e. The van der Waals surface area contributed by atoms with E-state index in [1.165, 1.54) is 13.3 Å². The van der Waals surface area contributed by atoms with E-state index in [-0.39, 0.29) is 11.3 Å². The molecule has 0 radical (unpaired) electrons. The molecular weight excluding hydrogens is 291 g/mol. The minimum Gasteiger partial charge on any atom is -0.495 e. The number of hydrogen-bond donors (Lipinski definition) is 0. The van der Waals surface area contributed by atoms with Gasteiger partial charge in [-0.05, 0) is 29.5 Å². The maximum atomic E-state index is 12.5. The Morgan fingerprint density at radius 3 is 2.54 bits per heavy atom. The van der Waals surface area contributed by atoms with E-state index in [1.807, 2.05) is 22.6 Å². The molecule has 72 valence electrons. The number of alkyl halides is 2. The number of aryl methyl sites for hydroxylation is 1. The summed E-state index contributed by atoms with van der Waals surface area (Å²) in [5.74, 6) is 0.225. The molecule has 0 spiro atoms. The van der Waals surface area contributed by atoms with Crippen LogP contribution in [0.2, 0.25) is 0 Å². The van der Waals surface area contributed by atoms with Crippen molar-refractivity contribution in [1.29, 1.82) is 0 Å². The van der Waals surface area contributed by atoms with E-state index < -0.39 is 6.43 Å². The minimum atomic E-state index is -2.54. The molecule has 0 unspecified atom stereocenters. The Balaban J connectivity index is 3.35. The number of hydrogen-bond acceptors (Lipinski definition) is 2. The Morgan fingerprint density at radius 2 is 2.15 bits per heavy atom. The van der Waals surface area contributed by atoms with Crippen LogP contribution in [0.4, 0.5) is 8.78 Å². The highest BCUT2D eigenvalue weighted by Crippen LogP contribution is 2.34. The van der Waals surface area contributed by atoms with Crippen LogP contribution in [0.3, 0.4) is 0 Å². The van der Waals surface area contributed by atoms with Gasteiger partial charge in [-0.1, -0.05) is 0 Å². The zero-order chi connectivity index (χ0) is 10.0. The van der Waals surface area contributed by atoms with Crippen LogP contribution in [-0.4, -0.2) is 12.1 Å². The topological polar surface area (TPSA) is 22.1 Å². The van der Waals surface area contributed by atoms with E-state index in [1.54, 1.807) is 6.92 Å². The van der Waals surface area contributed by atoms with Gasteiger partial charge >= 0.3 is 0 Å². The van der Waals surface area contributed by atoms with Gasteiger partial charge in [0.05, 0.1) is 16.2 Å². The van der Waals surface area contributed by atoms with Crippen LogP contribution in [0.5, 0.6) is 5.75 Å². The third-order valence-corrected chi connectivity index (χ3v) is 2.41. The van der Waals surface area contributed by atoms with E-state index in [2.05, 4.69) is 4.98 Å². The van der Waals surface area contributed by atoms with Gasteiger partial charge in [-0.3, -0.25) is 4.98 Å². The lowest BCUT2D eigenvalue weighted by molar-refractivity contribution is 0.145. The van der Waals surface area contributed by atoms with Crippen molar-refractivity contribution in [2.75, 3.05) is 7.11 Å². The second-order valence-corrected chi connectivity index (χ2v) is 3.60. The second-order valence-electron chi connectivity index (χ2n) is 2.44. The van der Waals surface area contributed by atoms with Gasteiger partial charge in [0, 0.05) is 11.9 Å². The summed E-state index contributed by atoms with van der Waals surface area (Å²) in [7, 11) is 1.38. The molecule has 0 fully saturated rings. The summed E-state index contributed by atoms with van der Waals surface area (Å²) in [6, 6.07) is 0. The van der Waals surface area contributed by atoms with Gasteiger partial charge in [0.2, 0.25) is 0 Å². The van der Waals surface area contributed by atoms with Crippen LogP contribution in [-0.2, 0) is 0 Å². The molecule has 13 heavy (non-hydrogen) atoms. The molecule has 0 atom stereocenters. The molecule has 0 aliphatic rings. The highest BCUT2D eigenvalue weighted by Gasteiger charge is 2.19. The third-order valence-electron chi connectivity index (χ3n) is 1.65.